The maximum atomic E-state index is 10.7. The van der Waals surface area contributed by atoms with Gasteiger partial charge < -0.3 is 4.74 Å². The van der Waals surface area contributed by atoms with Crippen molar-refractivity contribution in [2.24, 2.45) is 0 Å². The normalized spacial score (nSPS) is 12.6. The van der Waals surface area contributed by atoms with Gasteiger partial charge in [-0.3, -0.25) is 4.79 Å². The van der Waals surface area contributed by atoms with E-state index in [1.165, 1.54) is 12.5 Å². The molecule has 1 aromatic carbocycles. The standard InChI is InChI=1S/C14H18O2/c1-12(16-13(2)15)8-6-7-11-14-9-4-3-5-10-14/h3-6,8-10,12H,7,11H2,1-2H3/b8-6+/t12-/m1/s1. The van der Waals surface area contributed by atoms with Gasteiger partial charge in [0.2, 0.25) is 0 Å². The smallest absolute Gasteiger partial charge is 0.303 e. The van der Waals surface area contributed by atoms with E-state index in [2.05, 4.69) is 18.2 Å². The van der Waals surface area contributed by atoms with Gasteiger partial charge in [0.25, 0.3) is 0 Å². The Morgan fingerprint density at radius 3 is 2.69 bits per heavy atom. The lowest BCUT2D eigenvalue weighted by Crippen LogP contribution is -2.08. The molecule has 0 saturated carbocycles. The maximum absolute atomic E-state index is 10.7. The summed E-state index contributed by atoms with van der Waals surface area (Å²) in [5.74, 6) is -0.236. The third kappa shape index (κ3) is 5.35. The average Bonchev–Trinajstić information content (AvgIpc) is 2.25. The quantitative estimate of drug-likeness (QED) is 0.560. The van der Waals surface area contributed by atoms with Crippen molar-refractivity contribution in [2.45, 2.75) is 32.8 Å². The molecule has 0 bridgehead atoms. The van der Waals surface area contributed by atoms with Gasteiger partial charge in [0.05, 0.1) is 0 Å². The minimum Gasteiger partial charge on any atom is -0.459 e. The summed E-state index contributed by atoms with van der Waals surface area (Å²) in [6, 6.07) is 10.3. The molecule has 2 heteroatoms. The Morgan fingerprint density at radius 1 is 1.38 bits per heavy atom. The summed E-state index contributed by atoms with van der Waals surface area (Å²) < 4.78 is 4.98. The third-order valence-corrected chi connectivity index (χ3v) is 2.20. The van der Waals surface area contributed by atoms with E-state index in [-0.39, 0.29) is 12.1 Å². The molecule has 2 nitrogen and oxygen atoms in total. The molecule has 1 atom stereocenters. The van der Waals surface area contributed by atoms with Crippen molar-refractivity contribution < 1.29 is 9.53 Å². The number of ether oxygens (including phenoxy) is 1. The Balaban J connectivity index is 2.25. The summed E-state index contributed by atoms with van der Waals surface area (Å²) in [5, 5.41) is 0. The third-order valence-electron chi connectivity index (χ3n) is 2.20. The van der Waals surface area contributed by atoms with Crippen LogP contribution in [-0.2, 0) is 16.0 Å². The number of rotatable bonds is 5. The minimum atomic E-state index is -0.236. The molecule has 0 aliphatic heterocycles. The number of benzene rings is 1. The Kier molecular flexibility index (Phi) is 5.34. The predicted octanol–water partition coefficient (Wildman–Crippen LogP) is 3.13. The molecule has 0 radical (unpaired) electrons. The molecule has 0 fully saturated rings. The first-order chi connectivity index (χ1) is 7.68. The molecule has 0 aliphatic rings. The summed E-state index contributed by atoms with van der Waals surface area (Å²) in [6.45, 7) is 3.29. The Hall–Kier alpha value is -1.57. The van der Waals surface area contributed by atoms with Crippen molar-refractivity contribution in [2.75, 3.05) is 0 Å². The number of carbonyl (C=O) groups excluding carboxylic acids is 1. The summed E-state index contributed by atoms with van der Waals surface area (Å²) in [7, 11) is 0. The lowest BCUT2D eigenvalue weighted by molar-refractivity contribution is -0.143. The molecular weight excluding hydrogens is 200 g/mol. The van der Waals surface area contributed by atoms with Gasteiger partial charge in [0, 0.05) is 6.92 Å². The molecule has 86 valence electrons. The van der Waals surface area contributed by atoms with Gasteiger partial charge in [0.15, 0.2) is 0 Å². The Bertz CT molecular complexity index is 341. The van der Waals surface area contributed by atoms with Crippen LogP contribution in [0.1, 0.15) is 25.8 Å². The highest BCUT2D eigenvalue weighted by atomic mass is 16.5. The molecule has 0 saturated heterocycles. The molecule has 16 heavy (non-hydrogen) atoms. The van der Waals surface area contributed by atoms with Crippen LogP contribution in [0.3, 0.4) is 0 Å². The second-order valence-corrected chi connectivity index (χ2v) is 3.77. The maximum Gasteiger partial charge on any atom is 0.303 e. The number of hydrogen-bond donors (Lipinski definition) is 0. The van der Waals surface area contributed by atoms with E-state index in [9.17, 15) is 4.79 Å². The summed E-state index contributed by atoms with van der Waals surface area (Å²) in [6.07, 6.45) is 5.83. The first-order valence-corrected chi connectivity index (χ1v) is 5.56. The van der Waals surface area contributed by atoms with E-state index >= 15 is 0 Å². The van der Waals surface area contributed by atoms with Crippen LogP contribution < -0.4 is 0 Å². The van der Waals surface area contributed by atoms with Crippen molar-refractivity contribution in [1.29, 1.82) is 0 Å². The fourth-order valence-corrected chi connectivity index (χ4v) is 1.48. The lowest BCUT2D eigenvalue weighted by atomic mass is 10.1. The molecule has 0 unspecified atom stereocenters. The van der Waals surface area contributed by atoms with Gasteiger partial charge in [0.1, 0.15) is 6.10 Å². The van der Waals surface area contributed by atoms with Crippen LogP contribution in [0.4, 0.5) is 0 Å². The van der Waals surface area contributed by atoms with Crippen molar-refractivity contribution in [3.05, 3.63) is 48.0 Å². The number of aryl methyl sites for hydroxylation is 1. The van der Waals surface area contributed by atoms with Crippen molar-refractivity contribution in [3.8, 4) is 0 Å². The van der Waals surface area contributed by atoms with E-state index in [1.54, 1.807) is 0 Å². The van der Waals surface area contributed by atoms with Gasteiger partial charge in [-0.15, -0.1) is 0 Å². The van der Waals surface area contributed by atoms with Gasteiger partial charge in [-0.05, 0) is 31.4 Å². The lowest BCUT2D eigenvalue weighted by Gasteiger charge is -2.05. The molecule has 0 heterocycles. The number of allylic oxidation sites excluding steroid dienone is 1. The summed E-state index contributed by atoms with van der Waals surface area (Å²) in [4.78, 5) is 10.7. The van der Waals surface area contributed by atoms with E-state index in [0.29, 0.717) is 0 Å². The summed E-state index contributed by atoms with van der Waals surface area (Å²) in [5.41, 5.74) is 1.33. The van der Waals surface area contributed by atoms with Crippen LogP contribution in [0.25, 0.3) is 0 Å². The molecule has 1 aromatic rings. The summed E-state index contributed by atoms with van der Waals surface area (Å²) >= 11 is 0. The second kappa shape index (κ2) is 6.83. The monoisotopic (exact) mass is 218 g/mol. The number of esters is 1. The fourth-order valence-electron chi connectivity index (χ4n) is 1.48. The van der Waals surface area contributed by atoms with Gasteiger partial charge in [-0.25, -0.2) is 0 Å². The van der Waals surface area contributed by atoms with E-state index < -0.39 is 0 Å². The number of hydrogen-bond acceptors (Lipinski definition) is 2. The highest BCUT2D eigenvalue weighted by Gasteiger charge is 1.98. The minimum absolute atomic E-state index is 0.131. The first-order valence-electron chi connectivity index (χ1n) is 5.56. The predicted molar refractivity (Wildman–Crippen MR) is 65.1 cm³/mol. The van der Waals surface area contributed by atoms with Crippen LogP contribution in [0.15, 0.2) is 42.5 Å². The molecular formula is C14H18O2. The van der Waals surface area contributed by atoms with Crippen LogP contribution in [0.5, 0.6) is 0 Å². The van der Waals surface area contributed by atoms with E-state index in [0.717, 1.165) is 12.8 Å². The van der Waals surface area contributed by atoms with Gasteiger partial charge in [-0.1, -0.05) is 36.4 Å². The topological polar surface area (TPSA) is 26.3 Å². The SMILES string of the molecule is CC(=O)O[C@H](C)/C=C/CCc1ccccc1. The van der Waals surface area contributed by atoms with Crippen LogP contribution in [-0.4, -0.2) is 12.1 Å². The zero-order valence-corrected chi connectivity index (χ0v) is 9.85. The Morgan fingerprint density at radius 2 is 2.06 bits per heavy atom. The average molecular weight is 218 g/mol. The highest BCUT2D eigenvalue weighted by molar-refractivity contribution is 5.66. The molecule has 1 rings (SSSR count). The molecule has 0 amide bonds. The van der Waals surface area contributed by atoms with Gasteiger partial charge >= 0.3 is 5.97 Å². The van der Waals surface area contributed by atoms with E-state index in [1.807, 2.05) is 31.2 Å². The zero-order valence-electron chi connectivity index (χ0n) is 9.85. The number of carbonyl (C=O) groups is 1. The fraction of sp³-hybridized carbons (Fsp3) is 0.357. The van der Waals surface area contributed by atoms with E-state index in [4.69, 9.17) is 4.74 Å². The van der Waals surface area contributed by atoms with Crippen LogP contribution >= 0.6 is 0 Å². The first kappa shape index (κ1) is 12.5. The Labute approximate surface area is 96.9 Å². The van der Waals surface area contributed by atoms with Crippen molar-refractivity contribution in [3.63, 3.8) is 0 Å². The van der Waals surface area contributed by atoms with Crippen LogP contribution in [0, 0.1) is 0 Å². The molecule has 0 aromatic heterocycles. The van der Waals surface area contributed by atoms with Crippen molar-refractivity contribution >= 4 is 5.97 Å². The molecule has 0 spiro atoms. The van der Waals surface area contributed by atoms with Gasteiger partial charge in [-0.2, -0.15) is 0 Å². The van der Waals surface area contributed by atoms with Crippen molar-refractivity contribution in [1.82, 2.24) is 0 Å². The zero-order chi connectivity index (χ0) is 11.8. The second-order valence-electron chi connectivity index (χ2n) is 3.77. The molecule has 0 aliphatic carbocycles. The largest absolute Gasteiger partial charge is 0.459 e. The molecule has 0 N–H and O–H groups in total. The highest BCUT2D eigenvalue weighted by Crippen LogP contribution is 2.03. The van der Waals surface area contributed by atoms with Crippen LogP contribution in [0.2, 0.25) is 0 Å².